The quantitative estimate of drug-likeness (QED) is 0.658. The summed E-state index contributed by atoms with van der Waals surface area (Å²) >= 11 is 5.53. The van der Waals surface area contributed by atoms with E-state index in [0.717, 1.165) is 5.56 Å². The van der Waals surface area contributed by atoms with E-state index in [0.29, 0.717) is 5.69 Å². The van der Waals surface area contributed by atoms with Crippen molar-refractivity contribution in [1.82, 2.24) is 0 Å². The second-order valence-corrected chi connectivity index (χ2v) is 3.06. The molecule has 1 amide bonds. The van der Waals surface area contributed by atoms with Crippen molar-refractivity contribution in [3.63, 3.8) is 0 Å². The third-order valence-electron chi connectivity index (χ3n) is 1.77. The smallest absolute Gasteiger partial charge is 0.228 e. The lowest BCUT2D eigenvalue weighted by Gasteiger charge is -1.99. The van der Waals surface area contributed by atoms with Crippen molar-refractivity contribution in [2.24, 2.45) is 0 Å². The zero-order valence-electron chi connectivity index (χ0n) is 6.03. The van der Waals surface area contributed by atoms with Crippen LogP contribution in [0.1, 0.15) is 5.56 Å². The van der Waals surface area contributed by atoms with E-state index in [1.165, 1.54) is 12.1 Å². The van der Waals surface area contributed by atoms with Crippen LogP contribution in [0.25, 0.3) is 0 Å². The summed E-state index contributed by atoms with van der Waals surface area (Å²) in [5.41, 5.74) is 1.29. The van der Waals surface area contributed by atoms with Crippen molar-refractivity contribution in [3.05, 3.63) is 28.5 Å². The van der Waals surface area contributed by atoms with Crippen LogP contribution in [0.4, 0.5) is 10.1 Å². The molecule has 0 unspecified atom stereocenters. The van der Waals surface area contributed by atoms with Gasteiger partial charge in [-0.3, -0.25) is 4.79 Å². The topological polar surface area (TPSA) is 29.1 Å². The summed E-state index contributed by atoms with van der Waals surface area (Å²) < 4.78 is 12.8. The van der Waals surface area contributed by atoms with Crippen LogP contribution in [0.15, 0.2) is 12.1 Å². The van der Waals surface area contributed by atoms with Gasteiger partial charge in [-0.05, 0) is 17.7 Å². The molecule has 0 spiro atoms. The largest absolute Gasteiger partial charge is 0.325 e. The van der Waals surface area contributed by atoms with Crippen molar-refractivity contribution >= 4 is 23.2 Å². The molecule has 1 aromatic rings. The van der Waals surface area contributed by atoms with Crippen molar-refractivity contribution < 1.29 is 9.18 Å². The van der Waals surface area contributed by atoms with Gasteiger partial charge in [-0.1, -0.05) is 11.6 Å². The summed E-state index contributed by atoms with van der Waals surface area (Å²) in [4.78, 5) is 10.8. The van der Waals surface area contributed by atoms with Gasteiger partial charge in [0.2, 0.25) is 5.91 Å². The molecule has 1 N–H and O–H groups in total. The minimum atomic E-state index is -0.502. The maximum absolute atomic E-state index is 12.8. The number of rotatable bonds is 0. The van der Waals surface area contributed by atoms with E-state index in [4.69, 9.17) is 11.6 Å². The fourth-order valence-electron chi connectivity index (χ4n) is 1.22. The van der Waals surface area contributed by atoms with Crippen LogP contribution in [0.5, 0.6) is 0 Å². The van der Waals surface area contributed by atoms with E-state index < -0.39 is 5.82 Å². The highest BCUT2D eigenvalue weighted by Gasteiger charge is 2.19. The highest BCUT2D eigenvalue weighted by molar-refractivity contribution is 6.31. The summed E-state index contributed by atoms with van der Waals surface area (Å²) in [6.07, 6.45) is 0.287. The molecule has 1 heterocycles. The van der Waals surface area contributed by atoms with Crippen LogP contribution in [-0.4, -0.2) is 5.91 Å². The summed E-state index contributed by atoms with van der Waals surface area (Å²) in [5, 5.41) is 2.59. The number of hydrogen-bond donors (Lipinski definition) is 1. The highest BCUT2D eigenvalue weighted by Crippen LogP contribution is 2.28. The van der Waals surface area contributed by atoms with Gasteiger partial charge in [0.1, 0.15) is 5.82 Å². The van der Waals surface area contributed by atoms with Crippen LogP contribution in [0.2, 0.25) is 5.02 Å². The Morgan fingerprint density at radius 3 is 3.00 bits per heavy atom. The number of halogens is 2. The van der Waals surface area contributed by atoms with E-state index in [1.54, 1.807) is 0 Å². The lowest BCUT2D eigenvalue weighted by atomic mass is 10.2. The molecule has 1 aromatic carbocycles. The highest BCUT2D eigenvalue weighted by atomic mass is 35.5. The Morgan fingerprint density at radius 1 is 1.50 bits per heavy atom. The number of amides is 1. The zero-order valence-corrected chi connectivity index (χ0v) is 6.78. The third kappa shape index (κ3) is 1.06. The number of fused-ring (bicyclic) bond motifs is 1. The minimum absolute atomic E-state index is 0.0604. The Hall–Kier alpha value is -1.09. The molecule has 0 atom stereocenters. The molecule has 0 bridgehead atoms. The molecular formula is C8H5ClFNO. The monoisotopic (exact) mass is 185 g/mol. The van der Waals surface area contributed by atoms with Crippen LogP contribution in [0.3, 0.4) is 0 Å². The van der Waals surface area contributed by atoms with Gasteiger partial charge in [-0.15, -0.1) is 0 Å². The predicted molar refractivity (Wildman–Crippen MR) is 43.7 cm³/mol. The zero-order chi connectivity index (χ0) is 8.72. The lowest BCUT2D eigenvalue weighted by Crippen LogP contribution is -2.03. The van der Waals surface area contributed by atoms with Gasteiger partial charge in [-0.2, -0.15) is 0 Å². The standard InChI is InChI=1S/C8H5ClFNO/c9-5-1-4-2-8(12)11-7(4)3-6(5)10/h1,3H,2H2,(H,11,12). The average molecular weight is 186 g/mol. The van der Waals surface area contributed by atoms with E-state index in [-0.39, 0.29) is 17.4 Å². The van der Waals surface area contributed by atoms with E-state index in [2.05, 4.69) is 5.32 Å². The fourth-order valence-corrected chi connectivity index (χ4v) is 1.40. The van der Waals surface area contributed by atoms with E-state index in [9.17, 15) is 9.18 Å². The SMILES string of the molecule is O=C1Cc2cc(Cl)c(F)cc2N1. The Balaban J connectivity index is 2.55. The second kappa shape index (κ2) is 2.45. The molecule has 0 saturated carbocycles. The summed E-state index contributed by atoms with van der Waals surface area (Å²) in [5.74, 6) is -0.621. The first kappa shape index (κ1) is 7.55. The summed E-state index contributed by atoms with van der Waals surface area (Å²) in [6.45, 7) is 0. The second-order valence-electron chi connectivity index (χ2n) is 2.65. The van der Waals surface area contributed by atoms with Crippen LogP contribution >= 0.6 is 11.6 Å². The third-order valence-corrected chi connectivity index (χ3v) is 2.06. The molecule has 0 saturated heterocycles. The van der Waals surface area contributed by atoms with Gasteiger partial charge < -0.3 is 5.32 Å². The van der Waals surface area contributed by atoms with Crippen molar-refractivity contribution in [2.75, 3.05) is 5.32 Å². The Morgan fingerprint density at radius 2 is 2.25 bits per heavy atom. The molecular weight excluding hydrogens is 181 g/mol. The number of benzene rings is 1. The molecule has 1 aliphatic heterocycles. The predicted octanol–water partition coefficient (Wildman–Crippen LogP) is 1.97. The molecule has 4 heteroatoms. The van der Waals surface area contributed by atoms with E-state index >= 15 is 0 Å². The van der Waals surface area contributed by atoms with Crippen LogP contribution < -0.4 is 5.32 Å². The summed E-state index contributed by atoms with van der Waals surface area (Å²) in [6, 6.07) is 2.71. The molecule has 0 radical (unpaired) electrons. The first-order chi connectivity index (χ1) is 5.66. The number of anilines is 1. The van der Waals surface area contributed by atoms with Crippen molar-refractivity contribution in [1.29, 1.82) is 0 Å². The minimum Gasteiger partial charge on any atom is -0.325 e. The Bertz CT molecular complexity index is 331. The molecule has 0 fully saturated rings. The first-order valence-electron chi connectivity index (χ1n) is 3.44. The molecule has 2 nitrogen and oxygen atoms in total. The summed E-state index contributed by atoms with van der Waals surface area (Å²) in [7, 11) is 0. The number of hydrogen-bond acceptors (Lipinski definition) is 1. The number of carbonyl (C=O) groups excluding carboxylic acids is 1. The average Bonchev–Trinajstić information content (AvgIpc) is 2.30. The van der Waals surface area contributed by atoms with Gasteiger partial charge >= 0.3 is 0 Å². The Kier molecular flexibility index (Phi) is 1.54. The van der Waals surface area contributed by atoms with Crippen molar-refractivity contribution in [3.8, 4) is 0 Å². The molecule has 62 valence electrons. The molecule has 1 aliphatic rings. The molecule has 0 aliphatic carbocycles. The van der Waals surface area contributed by atoms with Gasteiger partial charge in [0.05, 0.1) is 11.4 Å². The maximum atomic E-state index is 12.8. The van der Waals surface area contributed by atoms with Crippen LogP contribution in [-0.2, 0) is 11.2 Å². The fraction of sp³-hybridized carbons (Fsp3) is 0.125. The number of nitrogens with one attached hydrogen (secondary N) is 1. The van der Waals surface area contributed by atoms with Gasteiger partial charge in [0.25, 0.3) is 0 Å². The lowest BCUT2D eigenvalue weighted by molar-refractivity contribution is -0.115. The first-order valence-corrected chi connectivity index (χ1v) is 3.82. The maximum Gasteiger partial charge on any atom is 0.228 e. The van der Waals surface area contributed by atoms with Gasteiger partial charge in [0.15, 0.2) is 0 Å². The normalized spacial score (nSPS) is 14.3. The number of carbonyl (C=O) groups is 1. The van der Waals surface area contributed by atoms with Gasteiger partial charge in [-0.25, -0.2) is 4.39 Å². The molecule has 0 aromatic heterocycles. The van der Waals surface area contributed by atoms with Crippen LogP contribution in [0, 0.1) is 5.82 Å². The van der Waals surface area contributed by atoms with E-state index in [1.807, 2.05) is 0 Å². The molecule has 12 heavy (non-hydrogen) atoms. The van der Waals surface area contributed by atoms with Gasteiger partial charge in [0, 0.05) is 5.69 Å². The Labute approximate surface area is 73.3 Å². The molecule has 2 rings (SSSR count). The van der Waals surface area contributed by atoms with Crippen molar-refractivity contribution in [2.45, 2.75) is 6.42 Å².